The number of pyridine rings is 1. The smallest absolute Gasteiger partial charge is 0.227 e. The summed E-state index contributed by atoms with van der Waals surface area (Å²) in [4.78, 5) is 25.3. The number of aryl methyl sites for hydroxylation is 2. The minimum absolute atomic E-state index is 0.115. The van der Waals surface area contributed by atoms with Crippen molar-refractivity contribution in [2.75, 3.05) is 25.0 Å². The molecule has 1 aliphatic rings. The monoisotopic (exact) mass is 343 g/mol. The van der Waals surface area contributed by atoms with Gasteiger partial charge in [-0.05, 0) is 25.0 Å². The van der Waals surface area contributed by atoms with Gasteiger partial charge in [-0.1, -0.05) is 18.1 Å². The van der Waals surface area contributed by atoms with E-state index in [9.17, 15) is 4.79 Å². The van der Waals surface area contributed by atoms with Gasteiger partial charge in [0, 0.05) is 51.6 Å². The van der Waals surface area contributed by atoms with Crippen molar-refractivity contribution < 1.29 is 9.32 Å². The van der Waals surface area contributed by atoms with Crippen molar-refractivity contribution in [1.29, 1.82) is 0 Å². The first-order valence-electron chi connectivity index (χ1n) is 8.90. The average molecular weight is 343 g/mol. The summed E-state index contributed by atoms with van der Waals surface area (Å²) in [5.74, 6) is 2.32. The van der Waals surface area contributed by atoms with Crippen LogP contribution in [0.15, 0.2) is 28.9 Å². The molecule has 0 spiro atoms. The molecule has 0 bridgehead atoms. The molecule has 3 rings (SSSR count). The Kier molecular flexibility index (Phi) is 5.63. The van der Waals surface area contributed by atoms with Gasteiger partial charge in [0.15, 0.2) is 5.82 Å². The second-order valence-corrected chi connectivity index (χ2v) is 6.39. The zero-order valence-electron chi connectivity index (χ0n) is 14.9. The molecule has 7 nitrogen and oxygen atoms in total. The van der Waals surface area contributed by atoms with Crippen molar-refractivity contribution >= 4 is 11.7 Å². The third-order valence-corrected chi connectivity index (χ3v) is 4.69. The Labute approximate surface area is 148 Å². The number of piperidine rings is 1. The van der Waals surface area contributed by atoms with Gasteiger partial charge < -0.3 is 14.3 Å². The van der Waals surface area contributed by atoms with Crippen molar-refractivity contribution in [2.24, 2.45) is 0 Å². The number of carbonyl (C=O) groups is 1. The van der Waals surface area contributed by atoms with Gasteiger partial charge in [0.2, 0.25) is 11.8 Å². The van der Waals surface area contributed by atoms with E-state index in [1.54, 1.807) is 0 Å². The molecule has 1 atom stereocenters. The number of anilines is 1. The fraction of sp³-hybridized carbons (Fsp3) is 0.556. The zero-order chi connectivity index (χ0) is 17.6. The molecule has 7 heteroatoms. The molecule has 1 amide bonds. The van der Waals surface area contributed by atoms with Gasteiger partial charge >= 0.3 is 0 Å². The lowest BCUT2D eigenvalue weighted by atomic mass is 10.0. The third-order valence-electron chi connectivity index (χ3n) is 4.69. The lowest BCUT2D eigenvalue weighted by Gasteiger charge is -2.38. The molecule has 0 aliphatic carbocycles. The van der Waals surface area contributed by atoms with Crippen LogP contribution in [0.3, 0.4) is 0 Å². The average Bonchev–Trinajstić information content (AvgIpc) is 3.14. The molecule has 0 N–H and O–H groups in total. The highest BCUT2D eigenvalue weighted by Crippen LogP contribution is 2.20. The summed E-state index contributed by atoms with van der Waals surface area (Å²) < 4.78 is 5.16. The van der Waals surface area contributed by atoms with Crippen LogP contribution in [0.4, 0.5) is 5.82 Å². The molecule has 0 radical (unpaired) electrons. The summed E-state index contributed by atoms with van der Waals surface area (Å²) in [7, 11) is 1.89. The quantitative estimate of drug-likeness (QED) is 0.799. The number of likely N-dealkylation sites (N-methyl/N-ethyl adjacent to an activating group) is 1. The Hall–Kier alpha value is -2.44. The fourth-order valence-corrected chi connectivity index (χ4v) is 3.15. The van der Waals surface area contributed by atoms with Crippen LogP contribution in [-0.2, 0) is 17.6 Å². The van der Waals surface area contributed by atoms with Crippen LogP contribution >= 0.6 is 0 Å². The van der Waals surface area contributed by atoms with Crippen molar-refractivity contribution in [2.45, 2.75) is 45.1 Å². The molecule has 0 aromatic carbocycles. The predicted molar refractivity (Wildman–Crippen MR) is 94.2 cm³/mol. The van der Waals surface area contributed by atoms with Gasteiger partial charge in [-0.25, -0.2) is 4.98 Å². The van der Waals surface area contributed by atoms with Crippen molar-refractivity contribution in [3.63, 3.8) is 0 Å². The molecular formula is C18H25N5O2. The number of amides is 1. The Bertz CT molecular complexity index is 688. The number of nitrogens with zero attached hydrogens (tertiary/aromatic N) is 5. The van der Waals surface area contributed by atoms with E-state index >= 15 is 0 Å². The first kappa shape index (κ1) is 17.4. The van der Waals surface area contributed by atoms with E-state index in [4.69, 9.17) is 4.52 Å². The fourth-order valence-electron chi connectivity index (χ4n) is 3.15. The molecule has 1 fully saturated rings. The molecule has 2 aromatic rings. The summed E-state index contributed by atoms with van der Waals surface area (Å²) in [6.45, 7) is 3.78. The first-order valence-corrected chi connectivity index (χ1v) is 8.90. The standard InChI is InChI=1S/C18H25N5O2/c1-3-15-20-17(25-21-15)9-10-18(24)22(2)14-7-6-12-23(13-14)16-8-4-5-11-19-16/h4-5,8,11,14H,3,6-7,9-10,12-13H2,1-2H3/t14-/m0/s1. The molecule has 1 saturated heterocycles. The number of aromatic nitrogens is 3. The van der Waals surface area contributed by atoms with Gasteiger partial charge in [0.1, 0.15) is 5.82 Å². The van der Waals surface area contributed by atoms with E-state index in [0.717, 1.165) is 38.2 Å². The van der Waals surface area contributed by atoms with E-state index in [-0.39, 0.29) is 11.9 Å². The van der Waals surface area contributed by atoms with Gasteiger partial charge in [-0.15, -0.1) is 0 Å². The maximum Gasteiger partial charge on any atom is 0.227 e. The van der Waals surface area contributed by atoms with Crippen LogP contribution in [0.2, 0.25) is 0 Å². The van der Waals surface area contributed by atoms with Crippen LogP contribution in [0, 0.1) is 0 Å². The van der Waals surface area contributed by atoms with E-state index in [1.165, 1.54) is 0 Å². The van der Waals surface area contributed by atoms with Crippen molar-refractivity contribution in [3.8, 4) is 0 Å². The van der Waals surface area contributed by atoms with Crippen LogP contribution < -0.4 is 4.90 Å². The highest BCUT2D eigenvalue weighted by molar-refractivity contribution is 5.76. The van der Waals surface area contributed by atoms with Gasteiger partial charge in [0.25, 0.3) is 0 Å². The van der Waals surface area contributed by atoms with Crippen LogP contribution in [0.1, 0.15) is 37.9 Å². The Morgan fingerprint density at radius 3 is 3.04 bits per heavy atom. The van der Waals surface area contributed by atoms with Crippen molar-refractivity contribution in [1.82, 2.24) is 20.0 Å². The molecule has 2 aromatic heterocycles. The zero-order valence-corrected chi connectivity index (χ0v) is 14.9. The Balaban J connectivity index is 1.54. The molecule has 0 saturated carbocycles. The molecule has 25 heavy (non-hydrogen) atoms. The molecule has 0 unspecified atom stereocenters. The van der Waals surface area contributed by atoms with E-state index < -0.39 is 0 Å². The molecule has 134 valence electrons. The van der Waals surface area contributed by atoms with Gasteiger partial charge in [-0.3, -0.25) is 4.79 Å². The minimum atomic E-state index is 0.115. The predicted octanol–water partition coefficient (Wildman–Crippen LogP) is 2.09. The normalized spacial score (nSPS) is 17.5. The number of hydrogen-bond donors (Lipinski definition) is 0. The summed E-state index contributed by atoms with van der Waals surface area (Å²) >= 11 is 0. The second-order valence-electron chi connectivity index (χ2n) is 6.39. The lowest BCUT2D eigenvalue weighted by Crippen LogP contribution is -2.48. The highest BCUT2D eigenvalue weighted by atomic mass is 16.5. The van der Waals surface area contributed by atoms with Gasteiger partial charge in [0.05, 0.1) is 0 Å². The largest absolute Gasteiger partial charge is 0.355 e. The SMILES string of the molecule is CCc1noc(CCC(=O)N(C)[C@H]2CCCN(c3ccccn3)C2)n1. The Morgan fingerprint density at radius 1 is 1.44 bits per heavy atom. The maximum absolute atomic E-state index is 12.5. The van der Waals surface area contributed by atoms with E-state index in [1.807, 2.05) is 43.3 Å². The molecule has 1 aliphatic heterocycles. The van der Waals surface area contributed by atoms with E-state index in [2.05, 4.69) is 20.0 Å². The second kappa shape index (κ2) is 8.09. The third kappa shape index (κ3) is 4.35. The summed E-state index contributed by atoms with van der Waals surface area (Å²) in [6, 6.07) is 6.14. The van der Waals surface area contributed by atoms with Crippen LogP contribution in [0.25, 0.3) is 0 Å². The van der Waals surface area contributed by atoms with Gasteiger partial charge in [-0.2, -0.15) is 4.98 Å². The topological polar surface area (TPSA) is 75.4 Å². The molecular weight excluding hydrogens is 318 g/mol. The van der Waals surface area contributed by atoms with Crippen LogP contribution in [-0.4, -0.2) is 52.1 Å². The van der Waals surface area contributed by atoms with Crippen molar-refractivity contribution in [3.05, 3.63) is 36.1 Å². The minimum Gasteiger partial charge on any atom is -0.355 e. The van der Waals surface area contributed by atoms with E-state index in [0.29, 0.717) is 24.6 Å². The Morgan fingerprint density at radius 2 is 2.32 bits per heavy atom. The molecule has 3 heterocycles. The number of hydrogen-bond acceptors (Lipinski definition) is 6. The first-order chi connectivity index (χ1) is 12.2. The number of carbonyl (C=O) groups excluding carboxylic acids is 1. The lowest BCUT2D eigenvalue weighted by molar-refractivity contribution is -0.132. The summed E-state index contributed by atoms with van der Waals surface area (Å²) in [5.41, 5.74) is 0. The highest BCUT2D eigenvalue weighted by Gasteiger charge is 2.26. The summed E-state index contributed by atoms with van der Waals surface area (Å²) in [6.07, 6.45) is 5.51. The number of rotatable bonds is 6. The summed E-state index contributed by atoms with van der Waals surface area (Å²) in [5, 5.41) is 3.87. The van der Waals surface area contributed by atoms with Crippen LogP contribution in [0.5, 0.6) is 0 Å². The maximum atomic E-state index is 12.5.